The number of aliphatic hydroxyl groups excluding tert-OH is 3. The van der Waals surface area contributed by atoms with Gasteiger partial charge in [-0.2, -0.15) is 0 Å². The molecule has 35 heavy (non-hydrogen) atoms. The summed E-state index contributed by atoms with van der Waals surface area (Å²) in [7, 11) is 0. The van der Waals surface area contributed by atoms with Gasteiger partial charge in [-0.25, -0.2) is 0 Å². The Kier molecular flexibility index (Phi) is 8.00. The van der Waals surface area contributed by atoms with Crippen LogP contribution < -0.4 is 0 Å². The molecule has 4 aliphatic carbocycles. The summed E-state index contributed by atoms with van der Waals surface area (Å²) in [5, 5.41) is 42.0. The van der Waals surface area contributed by atoms with Crippen LogP contribution in [-0.4, -0.2) is 44.8 Å². The average molecular weight is 489 g/mol. The van der Waals surface area contributed by atoms with E-state index in [9.17, 15) is 20.4 Å². The predicted octanol–water partition coefficient (Wildman–Crippen LogP) is 5.78. The molecule has 0 heterocycles. The Bertz CT molecular complexity index is 809. The van der Waals surface area contributed by atoms with Crippen LogP contribution in [0.1, 0.15) is 105 Å². The highest BCUT2D eigenvalue weighted by Gasteiger charge is 2.60. The van der Waals surface area contributed by atoms with Gasteiger partial charge in [0.15, 0.2) is 0 Å². The molecule has 4 aliphatic rings. The van der Waals surface area contributed by atoms with Crippen LogP contribution in [-0.2, 0) is 0 Å². The summed E-state index contributed by atoms with van der Waals surface area (Å²) in [4.78, 5) is 0. The van der Waals surface area contributed by atoms with Crippen LogP contribution in [0.3, 0.4) is 0 Å². The Balaban J connectivity index is 1.52. The normalized spacial score (nSPS) is 42.0. The maximum atomic E-state index is 11.7. The Morgan fingerprint density at radius 1 is 1.03 bits per heavy atom. The van der Waals surface area contributed by atoms with Crippen molar-refractivity contribution in [3.8, 4) is 0 Å². The van der Waals surface area contributed by atoms with Crippen molar-refractivity contribution >= 4 is 0 Å². The number of fused-ring (bicyclic) bond motifs is 5. The first kappa shape index (κ1) is 27.4. The van der Waals surface area contributed by atoms with E-state index in [2.05, 4.69) is 32.9 Å². The van der Waals surface area contributed by atoms with Crippen LogP contribution in [0, 0.1) is 40.4 Å². The molecule has 4 heteroatoms. The molecule has 0 aromatic rings. The second kappa shape index (κ2) is 10.2. The highest BCUT2D eigenvalue weighted by atomic mass is 16.3. The van der Waals surface area contributed by atoms with Crippen molar-refractivity contribution in [1.82, 2.24) is 0 Å². The summed E-state index contributed by atoms with van der Waals surface area (Å²) in [6, 6.07) is 0. The van der Waals surface area contributed by atoms with Gasteiger partial charge in [-0.05, 0) is 94.3 Å². The van der Waals surface area contributed by atoms with Crippen LogP contribution in [0.5, 0.6) is 0 Å². The van der Waals surface area contributed by atoms with E-state index < -0.39 is 17.8 Å². The molecule has 0 aromatic carbocycles. The molecule has 200 valence electrons. The second-order valence-corrected chi connectivity index (χ2v) is 13.8. The highest BCUT2D eigenvalue weighted by molar-refractivity contribution is 5.40. The van der Waals surface area contributed by atoms with E-state index in [0.717, 1.165) is 44.4 Å². The van der Waals surface area contributed by atoms with E-state index in [4.69, 9.17) is 0 Å². The summed E-state index contributed by atoms with van der Waals surface area (Å²) in [6.07, 6.45) is 14.7. The van der Waals surface area contributed by atoms with Gasteiger partial charge in [0.2, 0.25) is 0 Å². The maximum absolute atomic E-state index is 11.7. The quantitative estimate of drug-likeness (QED) is 0.310. The Hall–Kier alpha value is -0.680. The SMILES string of the molecule is C[C@H](CCCC(C)(C)O)[C@H]1CC[C@H]2C3=CC=C4C[C@@H](O)[C@H](CCCCO)[C@H](O)[C@]4(C)[C@H]3CC[C@]12C. The molecule has 9 atom stereocenters. The van der Waals surface area contributed by atoms with Crippen molar-refractivity contribution in [2.24, 2.45) is 40.4 Å². The van der Waals surface area contributed by atoms with Crippen molar-refractivity contribution in [2.75, 3.05) is 6.61 Å². The van der Waals surface area contributed by atoms with E-state index in [0.29, 0.717) is 29.6 Å². The number of hydrogen-bond donors (Lipinski definition) is 4. The molecule has 0 unspecified atom stereocenters. The Morgan fingerprint density at radius 2 is 1.77 bits per heavy atom. The summed E-state index contributed by atoms with van der Waals surface area (Å²) in [5.74, 6) is 2.24. The molecule has 3 fully saturated rings. The lowest BCUT2D eigenvalue weighted by molar-refractivity contribution is -0.100. The standard InChI is InChI=1S/C31H52O4/c1-20(9-8-16-29(2,3)35)24-13-14-25-22-12-11-21-19-27(33)23(10-6-7-18-32)28(34)31(21,5)26(22)15-17-30(24,25)4/h11-12,20,23-28,32-35H,6-10,13-19H2,1-5H3/t20-,23+,24-,25+,26+,27-,28+,30-,31+/m1/s1. The zero-order chi connectivity index (χ0) is 25.6. The first-order valence-corrected chi connectivity index (χ1v) is 14.5. The van der Waals surface area contributed by atoms with E-state index in [-0.39, 0.29) is 17.9 Å². The van der Waals surface area contributed by atoms with E-state index in [1.165, 1.54) is 31.3 Å². The third-order valence-corrected chi connectivity index (χ3v) is 11.1. The second-order valence-electron chi connectivity index (χ2n) is 13.8. The lowest BCUT2D eigenvalue weighted by Crippen LogP contribution is -2.56. The third-order valence-electron chi connectivity index (χ3n) is 11.1. The molecule has 0 saturated heterocycles. The molecule has 3 saturated carbocycles. The number of aliphatic hydroxyl groups is 4. The van der Waals surface area contributed by atoms with E-state index in [1.807, 2.05) is 13.8 Å². The van der Waals surface area contributed by atoms with Crippen molar-refractivity contribution in [3.05, 3.63) is 23.3 Å². The van der Waals surface area contributed by atoms with Crippen molar-refractivity contribution < 1.29 is 20.4 Å². The van der Waals surface area contributed by atoms with Gasteiger partial charge < -0.3 is 20.4 Å². The lowest BCUT2D eigenvalue weighted by atomic mass is 9.48. The Labute approximate surface area is 213 Å². The van der Waals surface area contributed by atoms with Gasteiger partial charge in [0, 0.05) is 17.9 Å². The van der Waals surface area contributed by atoms with E-state index >= 15 is 0 Å². The molecule has 0 spiro atoms. The molecule has 0 bridgehead atoms. The summed E-state index contributed by atoms with van der Waals surface area (Å²) in [6.45, 7) is 11.3. The molecule has 0 aliphatic heterocycles. The van der Waals surface area contributed by atoms with Crippen molar-refractivity contribution in [3.63, 3.8) is 0 Å². The molecular formula is C31H52O4. The van der Waals surface area contributed by atoms with Gasteiger partial charge >= 0.3 is 0 Å². The first-order valence-electron chi connectivity index (χ1n) is 14.5. The number of rotatable bonds is 9. The van der Waals surface area contributed by atoms with Crippen LogP contribution in [0.25, 0.3) is 0 Å². The topological polar surface area (TPSA) is 80.9 Å². The largest absolute Gasteiger partial charge is 0.396 e. The zero-order valence-corrected chi connectivity index (χ0v) is 23.0. The monoisotopic (exact) mass is 488 g/mol. The highest BCUT2D eigenvalue weighted by Crippen LogP contribution is 2.66. The Morgan fingerprint density at radius 3 is 2.46 bits per heavy atom. The van der Waals surface area contributed by atoms with Crippen LogP contribution in [0.4, 0.5) is 0 Å². The number of unbranched alkanes of at least 4 members (excludes halogenated alkanes) is 1. The van der Waals surface area contributed by atoms with E-state index in [1.54, 1.807) is 5.57 Å². The summed E-state index contributed by atoms with van der Waals surface area (Å²) in [5.41, 5.74) is 2.27. The van der Waals surface area contributed by atoms with Crippen LogP contribution in [0.15, 0.2) is 23.3 Å². The van der Waals surface area contributed by atoms with Crippen molar-refractivity contribution in [2.45, 2.75) is 123 Å². The summed E-state index contributed by atoms with van der Waals surface area (Å²) < 4.78 is 0. The van der Waals surface area contributed by atoms with Crippen LogP contribution in [0.2, 0.25) is 0 Å². The molecule has 4 nitrogen and oxygen atoms in total. The van der Waals surface area contributed by atoms with Gasteiger partial charge in [-0.3, -0.25) is 0 Å². The molecule has 0 amide bonds. The minimum Gasteiger partial charge on any atom is -0.396 e. The zero-order valence-electron chi connectivity index (χ0n) is 23.0. The molecular weight excluding hydrogens is 436 g/mol. The van der Waals surface area contributed by atoms with Gasteiger partial charge in [0.25, 0.3) is 0 Å². The molecule has 0 radical (unpaired) electrons. The third kappa shape index (κ3) is 4.94. The molecule has 4 N–H and O–H groups in total. The average Bonchev–Trinajstić information content (AvgIpc) is 3.14. The van der Waals surface area contributed by atoms with Crippen molar-refractivity contribution in [1.29, 1.82) is 0 Å². The predicted molar refractivity (Wildman–Crippen MR) is 142 cm³/mol. The van der Waals surface area contributed by atoms with Gasteiger partial charge in [-0.1, -0.05) is 63.3 Å². The first-order chi connectivity index (χ1) is 16.4. The fraction of sp³-hybridized carbons (Fsp3) is 0.871. The number of allylic oxidation sites excluding steroid dienone is 3. The fourth-order valence-electron chi connectivity index (χ4n) is 9.06. The van der Waals surface area contributed by atoms with Crippen LogP contribution >= 0.6 is 0 Å². The lowest BCUT2D eigenvalue weighted by Gasteiger charge is -2.58. The van der Waals surface area contributed by atoms with Gasteiger partial charge in [0.1, 0.15) is 0 Å². The maximum Gasteiger partial charge on any atom is 0.0689 e. The minimum atomic E-state index is -0.573. The summed E-state index contributed by atoms with van der Waals surface area (Å²) >= 11 is 0. The fourth-order valence-corrected chi connectivity index (χ4v) is 9.06. The number of hydrogen-bond acceptors (Lipinski definition) is 4. The molecule has 4 rings (SSSR count). The molecule has 0 aromatic heterocycles. The van der Waals surface area contributed by atoms with Gasteiger partial charge in [-0.15, -0.1) is 0 Å². The smallest absolute Gasteiger partial charge is 0.0689 e. The minimum absolute atomic E-state index is 0.108. The van der Waals surface area contributed by atoms with Gasteiger partial charge in [0.05, 0.1) is 17.8 Å².